The summed E-state index contributed by atoms with van der Waals surface area (Å²) in [6, 6.07) is 16.1. The molecule has 0 spiro atoms. The number of halogens is 1. The summed E-state index contributed by atoms with van der Waals surface area (Å²) in [5.74, 6) is -2.21. The van der Waals surface area contributed by atoms with Gasteiger partial charge in [-0.05, 0) is 17.7 Å². The zero-order valence-electron chi connectivity index (χ0n) is 14.3. The molecule has 4 atom stereocenters. The number of nitrogens with two attached hydrogens (primary N) is 1. The Bertz CT molecular complexity index is 1030. The van der Waals surface area contributed by atoms with E-state index in [1.165, 1.54) is 18.2 Å². The molecule has 1 unspecified atom stereocenters. The summed E-state index contributed by atoms with van der Waals surface area (Å²) in [5.41, 5.74) is 5.88. The molecule has 0 saturated carbocycles. The molecule has 0 bridgehead atoms. The zero-order chi connectivity index (χ0) is 19.2. The molecule has 2 aliphatic heterocycles. The van der Waals surface area contributed by atoms with Crippen LogP contribution in [0.25, 0.3) is 6.08 Å². The highest BCUT2D eigenvalue weighted by Gasteiger charge is 2.68. The van der Waals surface area contributed by atoms with Gasteiger partial charge in [-0.1, -0.05) is 42.5 Å². The number of amides is 1. The number of quaternary nitrogens is 1. The van der Waals surface area contributed by atoms with Gasteiger partial charge in [0.15, 0.2) is 12.1 Å². The Labute approximate surface area is 155 Å². The molecule has 0 aromatic heterocycles. The quantitative estimate of drug-likeness (QED) is 0.849. The van der Waals surface area contributed by atoms with Crippen LogP contribution >= 0.6 is 0 Å². The standard InChI is InChI=1S/C21H15FN4O/c22-16-8-4-3-7-15(16)17-18(20(25)27)26-10-9-13-5-1-2-6-14(13)19(26)21(17,11-23)12-24/h1-10,17-19H,(H2,25,27)/p+1/t17-,18+,19-/m0/s1. The van der Waals surface area contributed by atoms with E-state index in [9.17, 15) is 19.7 Å². The Morgan fingerprint density at radius 3 is 2.33 bits per heavy atom. The van der Waals surface area contributed by atoms with E-state index in [0.717, 1.165) is 11.1 Å². The van der Waals surface area contributed by atoms with Crippen LogP contribution in [0.4, 0.5) is 4.39 Å². The van der Waals surface area contributed by atoms with Crippen molar-refractivity contribution < 1.29 is 14.1 Å². The lowest BCUT2D eigenvalue weighted by Crippen LogP contribution is -3.12. The molecule has 2 aromatic carbocycles. The van der Waals surface area contributed by atoms with Crippen LogP contribution < -0.4 is 10.6 Å². The van der Waals surface area contributed by atoms with Crippen molar-refractivity contribution in [3.63, 3.8) is 0 Å². The van der Waals surface area contributed by atoms with Crippen molar-refractivity contribution in [2.24, 2.45) is 11.1 Å². The second-order valence-corrected chi connectivity index (χ2v) is 6.87. The highest BCUT2D eigenvalue weighted by atomic mass is 19.1. The largest absolute Gasteiger partial charge is 0.364 e. The summed E-state index contributed by atoms with van der Waals surface area (Å²) in [6.45, 7) is 0. The first kappa shape index (κ1) is 17.0. The van der Waals surface area contributed by atoms with Crippen LogP contribution in [0.2, 0.25) is 0 Å². The maximum Gasteiger partial charge on any atom is 0.276 e. The van der Waals surface area contributed by atoms with Crippen LogP contribution in [-0.4, -0.2) is 11.9 Å². The van der Waals surface area contributed by atoms with Crippen molar-refractivity contribution in [3.8, 4) is 12.1 Å². The SMILES string of the molecule is N#CC1(C#N)[C@@H]2c3ccccc3C=C[NH+]2[C@@H](C(N)=O)[C@@H]1c1ccccc1F. The molecule has 1 fully saturated rings. The van der Waals surface area contributed by atoms with Gasteiger partial charge in [0.2, 0.25) is 5.41 Å². The predicted octanol–water partition coefficient (Wildman–Crippen LogP) is 1.42. The number of carbonyl (C=O) groups excluding carboxylic acids is 1. The first-order chi connectivity index (χ1) is 13.0. The van der Waals surface area contributed by atoms with Crippen LogP contribution in [0.3, 0.4) is 0 Å². The highest BCUT2D eigenvalue weighted by Crippen LogP contribution is 2.51. The Kier molecular flexibility index (Phi) is 3.80. The van der Waals surface area contributed by atoms with Crippen LogP contribution in [-0.2, 0) is 4.79 Å². The smallest absolute Gasteiger partial charge is 0.276 e. The van der Waals surface area contributed by atoms with E-state index in [2.05, 4.69) is 12.1 Å². The molecule has 2 aliphatic rings. The molecule has 4 rings (SSSR count). The number of hydrogen-bond donors (Lipinski definition) is 2. The average Bonchev–Trinajstić information content (AvgIpc) is 2.99. The molecular weight excluding hydrogens is 343 g/mol. The Hall–Kier alpha value is -3.48. The van der Waals surface area contributed by atoms with Crippen LogP contribution in [0.1, 0.15) is 28.7 Å². The molecule has 2 heterocycles. The van der Waals surface area contributed by atoms with Gasteiger partial charge in [0.25, 0.3) is 5.91 Å². The van der Waals surface area contributed by atoms with Gasteiger partial charge in [-0.2, -0.15) is 10.5 Å². The first-order valence-corrected chi connectivity index (χ1v) is 8.55. The van der Waals surface area contributed by atoms with E-state index in [1.807, 2.05) is 30.3 Å². The predicted molar refractivity (Wildman–Crippen MR) is 95.0 cm³/mol. The van der Waals surface area contributed by atoms with Gasteiger partial charge in [-0.15, -0.1) is 0 Å². The summed E-state index contributed by atoms with van der Waals surface area (Å²) >= 11 is 0. The number of carbonyl (C=O) groups is 1. The summed E-state index contributed by atoms with van der Waals surface area (Å²) in [6.07, 6.45) is 3.60. The lowest BCUT2D eigenvalue weighted by Gasteiger charge is -2.29. The molecule has 0 aliphatic carbocycles. The third-order valence-corrected chi connectivity index (χ3v) is 5.65. The molecule has 1 saturated heterocycles. The topological polar surface area (TPSA) is 95.1 Å². The molecule has 3 N–H and O–H groups in total. The fraction of sp³-hybridized carbons (Fsp3) is 0.190. The van der Waals surface area contributed by atoms with E-state index in [-0.39, 0.29) is 5.56 Å². The third-order valence-electron chi connectivity index (χ3n) is 5.65. The Morgan fingerprint density at radius 1 is 1.07 bits per heavy atom. The minimum absolute atomic E-state index is 0.164. The van der Waals surface area contributed by atoms with Gasteiger partial charge in [0, 0.05) is 11.1 Å². The van der Waals surface area contributed by atoms with E-state index in [0.29, 0.717) is 4.90 Å². The molecule has 27 heavy (non-hydrogen) atoms. The fourth-order valence-electron chi connectivity index (χ4n) is 4.59. The van der Waals surface area contributed by atoms with Crippen molar-refractivity contribution in [1.29, 1.82) is 10.5 Å². The van der Waals surface area contributed by atoms with E-state index in [1.54, 1.807) is 12.3 Å². The van der Waals surface area contributed by atoms with Gasteiger partial charge in [-0.25, -0.2) is 4.39 Å². The van der Waals surface area contributed by atoms with Gasteiger partial charge in [0.1, 0.15) is 5.82 Å². The summed E-state index contributed by atoms with van der Waals surface area (Å²) < 4.78 is 14.7. The van der Waals surface area contributed by atoms with Crippen molar-refractivity contribution in [3.05, 3.63) is 77.2 Å². The Morgan fingerprint density at radius 2 is 1.70 bits per heavy atom. The van der Waals surface area contributed by atoms with Gasteiger partial charge in [-0.3, -0.25) is 9.69 Å². The van der Waals surface area contributed by atoms with Crippen LogP contribution in [0.5, 0.6) is 0 Å². The Balaban J connectivity index is 2.04. The normalized spacial score (nSPS) is 27.1. The minimum atomic E-state index is -1.64. The second-order valence-electron chi connectivity index (χ2n) is 6.87. The van der Waals surface area contributed by atoms with Crippen molar-refractivity contribution in [2.75, 3.05) is 0 Å². The molecule has 0 radical (unpaired) electrons. The summed E-state index contributed by atoms with van der Waals surface area (Å²) in [7, 11) is 0. The molecule has 6 heteroatoms. The number of primary amides is 1. The van der Waals surface area contributed by atoms with Gasteiger partial charge < -0.3 is 5.73 Å². The van der Waals surface area contributed by atoms with Crippen LogP contribution in [0.15, 0.2) is 54.7 Å². The maximum absolute atomic E-state index is 14.7. The maximum atomic E-state index is 14.7. The lowest BCUT2D eigenvalue weighted by atomic mass is 9.68. The summed E-state index contributed by atoms with van der Waals surface area (Å²) in [5, 5.41) is 20.2. The van der Waals surface area contributed by atoms with Gasteiger partial charge in [0.05, 0.1) is 24.3 Å². The highest BCUT2D eigenvalue weighted by molar-refractivity contribution is 5.81. The van der Waals surface area contributed by atoms with Crippen molar-refractivity contribution in [2.45, 2.75) is 18.0 Å². The van der Waals surface area contributed by atoms with Gasteiger partial charge >= 0.3 is 0 Å². The van der Waals surface area contributed by atoms with Crippen LogP contribution in [0, 0.1) is 33.9 Å². The number of benzene rings is 2. The number of hydrogen-bond acceptors (Lipinski definition) is 3. The number of nitrogens with zero attached hydrogens (tertiary/aromatic N) is 2. The van der Waals surface area contributed by atoms with Crippen molar-refractivity contribution >= 4 is 12.0 Å². The number of fused-ring (bicyclic) bond motifs is 3. The molecule has 5 nitrogen and oxygen atoms in total. The molecule has 1 amide bonds. The first-order valence-electron chi connectivity index (χ1n) is 8.55. The lowest BCUT2D eigenvalue weighted by molar-refractivity contribution is -0.885. The fourth-order valence-corrected chi connectivity index (χ4v) is 4.59. The number of rotatable bonds is 2. The van der Waals surface area contributed by atoms with Crippen molar-refractivity contribution in [1.82, 2.24) is 0 Å². The third kappa shape index (κ3) is 2.21. The summed E-state index contributed by atoms with van der Waals surface area (Å²) in [4.78, 5) is 13.0. The van der Waals surface area contributed by atoms with E-state index >= 15 is 0 Å². The number of nitrogens with one attached hydrogen (secondary N) is 1. The van der Waals surface area contributed by atoms with E-state index in [4.69, 9.17) is 5.73 Å². The molecule has 2 aromatic rings. The zero-order valence-corrected chi connectivity index (χ0v) is 14.3. The average molecular weight is 359 g/mol. The second kappa shape index (κ2) is 6.05. The monoisotopic (exact) mass is 359 g/mol. The minimum Gasteiger partial charge on any atom is -0.364 e. The number of nitriles is 2. The van der Waals surface area contributed by atoms with E-state index < -0.39 is 35.1 Å². The molecule has 132 valence electrons. The molecular formula is C21H16FN4O+.